The lowest BCUT2D eigenvalue weighted by Gasteiger charge is -2.06. The molecule has 0 saturated heterocycles. The summed E-state index contributed by atoms with van der Waals surface area (Å²) in [5.41, 5.74) is 0.277. The van der Waals surface area contributed by atoms with Gasteiger partial charge < -0.3 is 15.6 Å². The lowest BCUT2D eigenvalue weighted by Crippen LogP contribution is -2.19. The fraction of sp³-hybridized carbons (Fsp3) is 0.600. The van der Waals surface area contributed by atoms with Crippen LogP contribution >= 0.6 is 0 Å². The monoisotopic (exact) mass is 158 g/mol. The van der Waals surface area contributed by atoms with Gasteiger partial charge in [-0.2, -0.15) is 0 Å². The van der Waals surface area contributed by atoms with Gasteiger partial charge in [-0.1, -0.05) is 4.85 Å². The largest absolute Gasteiger partial charge is 0.410 e. The zero-order valence-corrected chi connectivity index (χ0v) is 6.10. The molecule has 0 aromatic carbocycles. The van der Waals surface area contributed by atoms with E-state index in [0.717, 1.165) is 0 Å². The Morgan fingerprint density at radius 1 is 1.82 bits per heavy atom. The van der Waals surface area contributed by atoms with Crippen LogP contribution in [0.2, 0.25) is 0 Å². The molecule has 6 heteroatoms. The van der Waals surface area contributed by atoms with Gasteiger partial charge in [0.25, 0.3) is 0 Å². The topological polar surface area (TPSA) is 83.2 Å². The summed E-state index contributed by atoms with van der Waals surface area (Å²) in [5.74, 6) is 0. The molecule has 3 N–H and O–H groups in total. The van der Waals surface area contributed by atoms with Crippen molar-refractivity contribution in [2.45, 2.75) is 6.10 Å². The van der Waals surface area contributed by atoms with Gasteiger partial charge in [-0.05, 0) is 12.3 Å². The minimum absolute atomic E-state index is 0.277. The van der Waals surface area contributed by atoms with Gasteiger partial charge in [0.1, 0.15) is 11.8 Å². The maximum Gasteiger partial charge on any atom is 0.130 e. The van der Waals surface area contributed by atoms with E-state index < -0.39 is 6.10 Å². The Balaban J connectivity index is 2.67. The first-order valence-corrected chi connectivity index (χ1v) is 3.18. The Labute approximate surface area is 63.4 Å². The van der Waals surface area contributed by atoms with Gasteiger partial charge in [0.15, 0.2) is 0 Å². The van der Waals surface area contributed by atoms with Crippen LogP contribution in [0, 0.1) is 0 Å². The highest BCUT2D eigenvalue weighted by atomic mass is 16.5. The molecule has 0 aliphatic carbocycles. The third-order valence-electron chi connectivity index (χ3n) is 1.30. The fourth-order valence-corrected chi connectivity index (χ4v) is 0.754. The van der Waals surface area contributed by atoms with Crippen LogP contribution in [-0.4, -0.2) is 39.1 Å². The number of hydrogen-bond acceptors (Lipinski definition) is 5. The molecule has 1 aromatic heterocycles. The minimum atomic E-state index is -0.778. The van der Waals surface area contributed by atoms with E-state index in [-0.39, 0.29) is 5.69 Å². The first kappa shape index (κ1) is 7.96. The number of nitrogens with one attached hydrogen (secondary N) is 1. The van der Waals surface area contributed by atoms with Crippen molar-refractivity contribution < 1.29 is 10.3 Å². The smallest absolute Gasteiger partial charge is 0.130 e. The third kappa shape index (κ3) is 1.66. The first-order chi connectivity index (χ1) is 5.25. The van der Waals surface area contributed by atoms with Crippen LogP contribution in [-0.2, 0) is 0 Å². The summed E-state index contributed by atoms with van der Waals surface area (Å²) in [6.45, 7) is 0.355. The Hall–Kier alpha value is -1.14. The summed E-state index contributed by atoms with van der Waals surface area (Å²) < 4.78 is 0. The summed E-state index contributed by atoms with van der Waals surface area (Å²) in [7, 11) is 1.70. The molecule has 6 nitrogen and oxygen atoms in total. The highest BCUT2D eigenvalue weighted by Crippen LogP contribution is 2.06. The number of hydrogen-bond donors (Lipinski definition) is 3. The first-order valence-electron chi connectivity index (χ1n) is 3.18. The van der Waals surface area contributed by atoms with Crippen molar-refractivity contribution >= 4 is 0 Å². The van der Waals surface area contributed by atoms with Crippen molar-refractivity contribution in [2.75, 3.05) is 13.6 Å². The van der Waals surface area contributed by atoms with Crippen LogP contribution in [0.3, 0.4) is 0 Å². The van der Waals surface area contributed by atoms with Gasteiger partial charge in [0.05, 0.1) is 6.20 Å². The number of rotatable bonds is 3. The molecule has 1 aromatic rings. The molecular weight excluding hydrogens is 148 g/mol. The van der Waals surface area contributed by atoms with Crippen molar-refractivity contribution in [2.24, 2.45) is 0 Å². The maximum absolute atomic E-state index is 9.27. The third-order valence-corrected chi connectivity index (χ3v) is 1.30. The predicted octanol–water partition coefficient (Wildman–Crippen LogP) is -1.23. The fourth-order valence-electron chi connectivity index (χ4n) is 0.754. The number of aliphatic hydroxyl groups excluding tert-OH is 1. The van der Waals surface area contributed by atoms with Crippen molar-refractivity contribution in [3.63, 3.8) is 0 Å². The molecule has 0 amide bonds. The van der Waals surface area contributed by atoms with Gasteiger partial charge in [0, 0.05) is 6.54 Å². The van der Waals surface area contributed by atoms with Crippen LogP contribution < -0.4 is 5.32 Å². The molecule has 1 rings (SSSR count). The summed E-state index contributed by atoms with van der Waals surface area (Å²) in [6, 6.07) is 0. The van der Waals surface area contributed by atoms with Crippen molar-refractivity contribution in [3.8, 4) is 0 Å². The minimum Gasteiger partial charge on any atom is -0.410 e. The molecule has 1 atom stereocenters. The normalized spacial score (nSPS) is 13.3. The van der Waals surface area contributed by atoms with E-state index in [4.69, 9.17) is 5.21 Å². The predicted molar refractivity (Wildman–Crippen MR) is 36.1 cm³/mol. The molecule has 0 aliphatic heterocycles. The van der Waals surface area contributed by atoms with E-state index >= 15 is 0 Å². The van der Waals surface area contributed by atoms with E-state index in [1.165, 1.54) is 6.20 Å². The molecular formula is C5H10N4O2. The Bertz CT molecular complexity index is 224. The summed E-state index contributed by atoms with van der Waals surface area (Å²) in [5, 5.41) is 27.6. The highest BCUT2D eigenvalue weighted by Gasteiger charge is 2.12. The van der Waals surface area contributed by atoms with Gasteiger partial charge in [-0.3, -0.25) is 0 Å². The average Bonchev–Trinajstić information content (AvgIpc) is 2.36. The standard InChI is InChI=1S/C5H10N4O2/c1-6-3-5(10)4-2-7-8-9(4)11/h2,5-6,10-11H,3H2,1H3. The summed E-state index contributed by atoms with van der Waals surface area (Å²) >= 11 is 0. The van der Waals surface area contributed by atoms with Gasteiger partial charge in [-0.25, -0.2) is 0 Å². The van der Waals surface area contributed by atoms with E-state index in [9.17, 15) is 5.11 Å². The van der Waals surface area contributed by atoms with E-state index in [1.54, 1.807) is 7.05 Å². The quantitative estimate of drug-likeness (QED) is 0.480. The number of likely N-dealkylation sites (N-methyl/N-ethyl adjacent to an activating group) is 1. The second-order valence-corrected chi connectivity index (χ2v) is 2.12. The number of aliphatic hydroxyl groups is 1. The Morgan fingerprint density at radius 2 is 2.55 bits per heavy atom. The Morgan fingerprint density at radius 3 is 3.00 bits per heavy atom. The average molecular weight is 158 g/mol. The lowest BCUT2D eigenvalue weighted by atomic mass is 10.3. The van der Waals surface area contributed by atoms with E-state index in [2.05, 4.69) is 15.6 Å². The second-order valence-electron chi connectivity index (χ2n) is 2.12. The molecule has 1 heterocycles. The summed E-state index contributed by atoms with van der Waals surface area (Å²) in [6.07, 6.45) is 0.530. The summed E-state index contributed by atoms with van der Waals surface area (Å²) in [4.78, 5) is 0.558. The van der Waals surface area contributed by atoms with Crippen LogP contribution in [0.4, 0.5) is 0 Å². The molecule has 1 unspecified atom stereocenters. The SMILES string of the molecule is CNCC(O)c1cnnn1O. The highest BCUT2D eigenvalue weighted by molar-refractivity contribution is 4.97. The lowest BCUT2D eigenvalue weighted by molar-refractivity contribution is 0.0920. The number of aromatic nitrogens is 3. The zero-order chi connectivity index (χ0) is 8.27. The molecule has 0 saturated carbocycles. The van der Waals surface area contributed by atoms with Crippen LogP contribution in [0.25, 0.3) is 0 Å². The van der Waals surface area contributed by atoms with Gasteiger partial charge >= 0.3 is 0 Å². The van der Waals surface area contributed by atoms with Crippen molar-refractivity contribution in [3.05, 3.63) is 11.9 Å². The molecule has 0 radical (unpaired) electrons. The van der Waals surface area contributed by atoms with Crippen LogP contribution in [0.5, 0.6) is 0 Å². The number of nitrogens with zero attached hydrogens (tertiary/aromatic N) is 3. The molecule has 0 aliphatic rings. The molecule has 0 bridgehead atoms. The van der Waals surface area contributed by atoms with Crippen LogP contribution in [0.15, 0.2) is 6.20 Å². The van der Waals surface area contributed by atoms with Gasteiger partial charge in [0.2, 0.25) is 0 Å². The van der Waals surface area contributed by atoms with E-state index in [0.29, 0.717) is 11.4 Å². The van der Waals surface area contributed by atoms with E-state index in [1.807, 2.05) is 0 Å². The zero-order valence-electron chi connectivity index (χ0n) is 6.10. The van der Waals surface area contributed by atoms with Crippen molar-refractivity contribution in [1.82, 2.24) is 20.5 Å². The Kier molecular flexibility index (Phi) is 2.40. The van der Waals surface area contributed by atoms with Crippen molar-refractivity contribution in [1.29, 1.82) is 0 Å². The second kappa shape index (κ2) is 3.31. The molecule has 11 heavy (non-hydrogen) atoms. The van der Waals surface area contributed by atoms with Gasteiger partial charge in [-0.15, -0.1) is 5.10 Å². The van der Waals surface area contributed by atoms with Crippen LogP contribution in [0.1, 0.15) is 11.8 Å². The molecule has 0 fully saturated rings. The molecule has 0 spiro atoms. The molecule has 62 valence electrons. The maximum atomic E-state index is 9.27.